The molecule has 1 aliphatic heterocycles. The Hall–Kier alpha value is -3.38. The van der Waals surface area contributed by atoms with E-state index in [-0.39, 0.29) is 5.82 Å². The summed E-state index contributed by atoms with van der Waals surface area (Å²) >= 11 is 0. The molecule has 136 valence electrons. The third kappa shape index (κ3) is 3.91. The van der Waals surface area contributed by atoms with Gasteiger partial charge < -0.3 is 4.90 Å². The molecule has 0 aliphatic carbocycles. The van der Waals surface area contributed by atoms with E-state index in [0.717, 1.165) is 37.6 Å². The van der Waals surface area contributed by atoms with E-state index < -0.39 is 0 Å². The summed E-state index contributed by atoms with van der Waals surface area (Å²) < 4.78 is 13.0. The summed E-state index contributed by atoms with van der Waals surface area (Å²) in [5.74, 6) is 1.01. The van der Waals surface area contributed by atoms with Gasteiger partial charge >= 0.3 is 0 Å². The normalized spacial score (nSPS) is 14.9. The molecule has 0 unspecified atom stereocenters. The molecule has 9 heteroatoms. The van der Waals surface area contributed by atoms with E-state index in [1.165, 1.54) is 12.1 Å². The molecular weight excluding hydrogens is 347 g/mol. The number of pyridine rings is 1. The second-order valence-corrected chi connectivity index (χ2v) is 6.25. The van der Waals surface area contributed by atoms with Gasteiger partial charge in [-0.15, -0.1) is 15.0 Å². The van der Waals surface area contributed by atoms with Gasteiger partial charge in [0.1, 0.15) is 18.3 Å². The molecule has 0 bridgehead atoms. The highest BCUT2D eigenvalue weighted by molar-refractivity contribution is 5.53. The highest BCUT2D eigenvalue weighted by atomic mass is 19.1. The maximum atomic E-state index is 13.0. The fourth-order valence-corrected chi connectivity index (χ4v) is 2.98. The first-order valence-corrected chi connectivity index (χ1v) is 8.58. The summed E-state index contributed by atoms with van der Waals surface area (Å²) in [6.45, 7) is 3.80. The number of hydrogen-bond acceptors (Lipinski definition) is 7. The van der Waals surface area contributed by atoms with Crippen LogP contribution in [0.15, 0.2) is 42.6 Å². The monoisotopic (exact) mass is 364 g/mol. The zero-order valence-electron chi connectivity index (χ0n) is 14.5. The van der Waals surface area contributed by atoms with Crippen molar-refractivity contribution in [3.8, 4) is 17.5 Å². The van der Waals surface area contributed by atoms with Crippen LogP contribution in [-0.2, 0) is 6.67 Å². The van der Waals surface area contributed by atoms with Crippen LogP contribution in [-0.4, -0.2) is 56.3 Å². The van der Waals surface area contributed by atoms with Crippen LogP contribution in [0.25, 0.3) is 11.4 Å². The first-order valence-electron chi connectivity index (χ1n) is 8.58. The molecule has 4 rings (SSSR count). The van der Waals surface area contributed by atoms with Crippen LogP contribution in [0.2, 0.25) is 0 Å². The maximum absolute atomic E-state index is 13.0. The quantitative estimate of drug-likeness (QED) is 0.694. The summed E-state index contributed by atoms with van der Waals surface area (Å²) in [4.78, 5) is 10.3. The van der Waals surface area contributed by atoms with Crippen molar-refractivity contribution in [1.29, 1.82) is 5.26 Å². The minimum atomic E-state index is -0.293. The maximum Gasteiger partial charge on any atom is 0.204 e. The Morgan fingerprint density at radius 2 is 1.85 bits per heavy atom. The number of aromatic nitrogens is 5. The fourth-order valence-electron chi connectivity index (χ4n) is 2.98. The molecule has 1 fully saturated rings. The number of halogens is 1. The Balaban J connectivity index is 1.35. The van der Waals surface area contributed by atoms with E-state index in [9.17, 15) is 4.39 Å². The lowest BCUT2D eigenvalue weighted by molar-refractivity contribution is 0.182. The number of nitriles is 1. The molecule has 0 atom stereocenters. The van der Waals surface area contributed by atoms with Crippen molar-refractivity contribution in [2.75, 3.05) is 31.1 Å². The van der Waals surface area contributed by atoms with Crippen molar-refractivity contribution in [3.63, 3.8) is 0 Å². The number of nitrogens with zero attached hydrogens (tertiary/aromatic N) is 8. The van der Waals surface area contributed by atoms with Crippen LogP contribution in [0, 0.1) is 17.1 Å². The van der Waals surface area contributed by atoms with Crippen molar-refractivity contribution in [1.82, 2.24) is 30.1 Å². The standard InChI is InChI=1S/C18H17FN8/c19-16-3-1-15(2-4-16)18-22-24-27(23-18)13-25-7-9-26(10-8-25)17-11-14(12-20)5-6-21-17/h1-6,11H,7-10,13H2. The predicted octanol–water partition coefficient (Wildman–Crippen LogP) is 1.53. The predicted molar refractivity (Wildman–Crippen MR) is 95.9 cm³/mol. The number of benzene rings is 1. The van der Waals surface area contributed by atoms with Crippen molar-refractivity contribution in [2.45, 2.75) is 6.67 Å². The highest BCUT2D eigenvalue weighted by Gasteiger charge is 2.19. The molecule has 1 aliphatic rings. The molecule has 2 aromatic heterocycles. The van der Waals surface area contributed by atoms with Crippen LogP contribution in [0.1, 0.15) is 5.56 Å². The SMILES string of the molecule is N#Cc1ccnc(N2CCN(Cn3nnc(-c4ccc(F)cc4)n3)CC2)c1. The second kappa shape index (κ2) is 7.47. The third-order valence-corrected chi connectivity index (χ3v) is 4.45. The van der Waals surface area contributed by atoms with Gasteiger partial charge in [-0.3, -0.25) is 4.90 Å². The summed E-state index contributed by atoms with van der Waals surface area (Å²) in [7, 11) is 0. The van der Waals surface area contributed by atoms with Crippen molar-refractivity contribution in [2.24, 2.45) is 0 Å². The van der Waals surface area contributed by atoms with E-state index >= 15 is 0 Å². The number of anilines is 1. The number of rotatable bonds is 4. The van der Waals surface area contributed by atoms with E-state index in [1.807, 2.05) is 6.07 Å². The van der Waals surface area contributed by atoms with Crippen molar-refractivity contribution < 1.29 is 4.39 Å². The molecule has 8 nitrogen and oxygen atoms in total. The van der Waals surface area contributed by atoms with Gasteiger partial charge in [0, 0.05) is 37.9 Å². The zero-order valence-corrected chi connectivity index (χ0v) is 14.5. The smallest absolute Gasteiger partial charge is 0.204 e. The van der Waals surface area contributed by atoms with Gasteiger partial charge in [0.15, 0.2) is 0 Å². The zero-order chi connectivity index (χ0) is 18.6. The molecule has 27 heavy (non-hydrogen) atoms. The van der Waals surface area contributed by atoms with Gasteiger partial charge in [-0.05, 0) is 41.6 Å². The molecule has 0 N–H and O–H groups in total. The van der Waals surface area contributed by atoms with Crippen molar-refractivity contribution >= 4 is 5.82 Å². The van der Waals surface area contributed by atoms with Gasteiger partial charge in [-0.25, -0.2) is 9.37 Å². The summed E-state index contributed by atoms with van der Waals surface area (Å²) in [5.41, 5.74) is 1.35. The molecular formula is C18H17FN8. The number of tetrazole rings is 1. The summed E-state index contributed by atoms with van der Waals surface area (Å²) in [6, 6.07) is 11.7. The molecule has 3 heterocycles. The van der Waals surface area contributed by atoms with E-state index in [4.69, 9.17) is 5.26 Å². The minimum Gasteiger partial charge on any atom is -0.354 e. The summed E-state index contributed by atoms with van der Waals surface area (Å²) in [6.07, 6.45) is 1.66. The summed E-state index contributed by atoms with van der Waals surface area (Å²) in [5, 5.41) is 21.5. The van der Waals surface area contributed by atoms with Gasteiger partial charge in [-0.1, -0.05) is 0 Å². The highest BCUT2D eigenvalue weighted by Crippen LogP contribution is 2.16. The first-order chi connectivity index (χ1) is 13.2. The Kier molecular flexibility index (Phi) is 4.72. The minimum absolute atomic E-state index is 0.293. The molecule has 1 aromatic carbocycles. The number of piperazine rings is 1. The molecule has 1 saturated heterocycles. The van der Waals surface area contributed by atoms with Crippen molar-refractivity contribution in [3.05, 3.63) is 54.0 Å². The van der Waals surface area contributed by atoms with Gasteiger partial charge in [0.05, 0.1) is 11.6 Å². The Morgan fingerprint density at radius 3 is 2.59 bits per heavy atom. The molecule has 0 spiro atoms. The van der Waals surface area contributed by atoms with Crippen LogP contribution < -0.4 is 4.90 Å². The van der Waals surface area contributed by atoms with E-state index in [0.29, 0.717) is 18.1 Å². The Labute approximate surface area is 155 Å². The molecule has 0 radical (unpaired) electrons. The Morgan fingerprint density at radius 1 is 1.07 bits per heavy atom. The average molecular weight is 364 g/mol. The third-order valence-electron chi connectivity index (χ3n) is 4.45. The topological polar surface area (TPSA) is 86.8 Å². The molecule has 3 aromatic rings. The lowest BCUT2D eigenvalue weighted by Crippen LogP contribution is -2.47. The lowest BCUT2D eigenvalue weighted by Gasteiger charge is -2.34. The van der Waals surface area contributed by atoms with E-state index in [1.54, 1.807) is 29.2 Å². The largest absolute Gasteiger partial charge is 0.354 e. The van der Waals surface area contributed by atoms with Crippen LogP contribution in [0.3, 0.4) is 0 Å². The lowest BCUT2D eigenvalue weighted by atomic mass is 10.2. The molecule has 0 amide bonds. The molecule has 0 saturated carbocycles. The number of hydrogen-bond donors (Lipinski definition) is 0. The average Bonchev–Trinajstić information content (AvgIpc) is 3.17. The Bertz CT molecular complexity index is 954. The van der Waals surface area contributed by atoms with Gasteiger partial charge in [0.25, 0.3) is 0 Å². The van der Waals surface area contributed by atoms with Crippen LogP contribution in [0.4, 0.5) is 10.2 Å². The van der Waals surface area contributed by atoms with Gasteiger partial charge in [-0.2, -0.15) is 5.26 Å². The second-order valence-electron chi connectivity index (χ2n) is 6.25. The first kappa shape index (κ1) is 17.1. The fraction of sp³-hybridized carbons (Fsp3) is 0.278. The van der Waals surface area contributed by atoms with Crippen LogP contribution >= 0.6 is 0 Å². The van der Waals surface area contributed by atoms with Crippen LogP contribution in [0.5, 0.6) is 0 Å². The van der Waals surface area contributed by atoms with Gasteiger partial charge in [0.2, 0.25) is 5.82 Å². The van der Waals surface area contributed by atoms with E-state index in [2.05, 4.69) is 36.3 Å².